The van der Waals surface area contributed by atoms with Crippen LogP contribution in [0, 0.1) is 17.2 Å². The van der Waals surface area contributed by atoms with Crippen molar-refractivity contribution < 1.29 is 23.8 Å². The third-order valence-electron chi connectivity index (χ3n) is 5.97. The van der Waals surface area contributed by atoms with E-state index in [0.29, 0.717) is 18.4 Å². The van der Waals surface area contributed by atoms with Gasteiger partial charge in [-0.3, -0.25) is 4.79 Å². The van der Waals surface area contributed by atoms with Gasteiger partial charge in [0, 0.05) is 34.2 Å². The number of ether oxygens (including phenoxy) is 3. The van der Waals surface area contributed by atoms with Crippen molar-refractivity contribution in [3.05, 3.63) is 67.3 Å². The molecule has 0 N–H and O–H groups in total. The number of rotatable bonds is 10. The van der Waals surface area contributed by atoms with Crippen molar-refractivity contribution in [1.29, 1.82) is 5.26 Å². The van der Waals surface area contributed by atoms with Crippen molar-refractivity contribution in [2.24, 2.45) is 5.92 Å². The van der Waals surface area contributed by atoms with Crippen molar-refractivity contribution >= 4 is 34.6 Å². The molecule has 1 unspecified atom stereocenters. The average molecular weight is 511 g/mol. The summed E-state index contributed by atoms with van der Waals surface area (Å²) in [6.07, 6.45) is 4.59. The normalized spacial score (nSPS) is 14.6. The number of nitriles is 1. The highest BCUT2D eigenvalue weighted by Crippen LogP contribution is 2.37. The van der Waals surface area contributed by atoms with E-state index in [0.717, 1.165) is 50.9 Å². The summed E-state index contributed by atoms with van der Waals surface area (Å²) in [5.41, 5.74) is 2.76. The van der Waals surface area contributed by atoms with Crippen LogP contribution in [0.15, 0.2) is 35.8 Å². The Hall–Kier alpha value is -3.22. The first kappa shape index (κ1) is 24.9. The molecule has 0 bridgehead atoms. The fraction of sp³-hybridized carbons (Fsp3) is 0.385. The van der Waals surface area contributed by atoms with Crippen LogP contribution in [0.4, 0.5) is 4.79 Å². The van der Waals surface area contributed by atoms with Gasteiger partial charge in [0.05, 0.1) is 19.3 Å². The fourth-order valence-corrected chi connectivity index (χ4v) is 6.13. The second-order valence-electron chi connectivity index (χ2n) is 8.37. The third kappa shape index (κ3) is 6.68. The molecule has 0 saturated heterocycles. The Bertz CT molecular complexity index is 1210. The van der Waals surface area contributed by atoms with Crippen LogP contribution in [0.1, 0.15) is 44.3 Å². The zero-order valence-corrected chi connectivity index (χ0v) is 21.1. The van der Waals surface area contributed by atoms with Gasteiger partial charge in [-0.2, -0.15) is 5.26 Å². The minimum Gasteiger partial charge on any atom is -0.497 e. The molecule has 1 aromatic carbocycles. The van der Waals surface area contributed by atoms with Gasteiger partial charge in [-0.25, -0.2) is 9.78 Å². The number of thiophene rings is 1. The van der Waals surface area contributed by atoms with Gasteiger partial charge in [0.1, 0.15) is 29.2 Å². The maximum Gasteiger partial charge on any atom is 0.508 e. The monoisotopic (exact) mass is 510 g/mol. The highest BCUT2D eigenvalue weighted by atomic mass is 32.1. The van der Waals surface area contributed by atoms with E-state index in [1.165, 1.54) is 11.3 Å². The van der Waals surface area contributed by atoms with Gasteiger partial charge in [0.25, 0.3) is 0 Å². The van der Waals surface area contributed by atoms with Crippen LogP contribution in [0.25, 0.3) is 0 Å². The molecule has 182 valence electrons. The van der Waals surface area contributed by atoms with Crippen LogP contribution in [0.2, 0.25) is 0 Å². The molecule has 0 radical (unpaired) electrons. The molecule has 0 spiro atoms. The minimum atomic E-state index is -0.697. The largest absolute Gasteiger partial charge is 0.508 e. The van der Waals surface area contributed by atoms with E-state index in [-0.39, 0.29) is 31.3 Å². The van der Waals surface area contributed by atoms with Gasteiger partial charge < -0.3 is 14.2 Å². The smallest absolute Gasteiger partial charge is 0.497 e. The van der Waals surface area contributed by atoms with Crippen LogP contribution < -0.4 is 4.74 Å². The number of Topliss-reactive ketones (excluding diaryl/α,β-unsaturated/α-hetero) is 1. The molecule has 1 atom stereocenters. The van der Waals surface area contributed by atoms with Crippen molar-refractivity contribution in [1.82, 2.24) is 4.98 Å². The Morgan fingerprint density at radius 2 is 2.17 bits per heavy atom. The van der Waals surface area contributed by atoms with Gasteiger partial charge in [0.2, 0.25) is 0 Å². The number of carbonyl (C=O) groups is 2. The third-order valence-corrected chi connectivity index (χ3v) is 7.98. The molecule has 0 saturated carbocycles. The molecule has 0 aliphatic heterocycles. The zero-order valence-electron chi connectivity index (χ0n) is 19.5. The number of methoxy groups -OCH3 is 1. The first-order valence-electron chi connectivity index (χ1n) is 11.4. The molecule has 35 heavy (non-hydrogen) atoms. The lowest BCUT2D eigenvalue weighted by Crippen LogP contribution is -2.21. The lowest BCUT2D eigenvalue weighted by Gasteiger charge is -2.21. The Morgan fingerprint density at radius 3 is 2.94 bits per heavy atom. The molecule has 1 aliphatic rings. The van der Waals surface area contributed by atoms with Crippen LogP contribution >= 0.6 is 22.7 Å². The van der Waals surface area contributed by atoms with Gasteiger partial charge in [-0.15, -0.1) is 22.7 Å². The first-order chi connectivity index (χ1) is 17.1. The molecule has 0 amide bonds. The second-order valence-corrected chi connectivity index (χ2v) is 10.5. The molecule has 0 fully saturated rings. The van der Waals surface area contributed by atoms with Crippen LogP contribution in [-0.4, -0.2) is 30.6 Å². The topological polar surface area (TPSA) is 98.5 Å². The lowest BCUT2D eigenvalue weighted by molar-refractivity contribution is -0.118. The predicted molar refractivity (Wildman–Crippen MR) is 133 cm³/mol. The van der Waals surface area contributed by atoms with Crippen LogP contribution in [0.5, 0.6) is 5.75 Å². The van der Waals surface area contributed by atoms with Gasteiger partial charge in [-0.1, -0.05) is 12.1 Å². The SMILES string of the molecule is COc1cccc(CCC(=O)Cc2sc3c(c2C#N)CCC(COC(=O)OCc2nccs2)C3)c1. The first-order valence-corrected chi connectivity index (χ1v) is 13.1. The summed E-state index contributed by atoms with van der Waals surface area (Å²) in [5, 5.41) is 12.3. The quantitative estimate of drug-likeness (QED) is 0.342. The molecular formula is C26H26N2O5S2. The molecule has 3 aromatic rings. The van der Waals surface area contributed by atoms with Crippen molar-refractivity contribution in [3.63, 3.8) is 0 Å². The minimum absolute atomic E-state index is 0.108. The summed E-state index contributed by atoms with van der Waals surface area (Å²) in [6.45, 7) is 0.377. The van der Waals surface area contributed by atoms with E-state index in [1.807, 2.05) is 29.6 Å². The number of aromatic nitrogens is 1. The standard InChI is InChI=1S/C26H26N2O5S2/c1-31-20-4-2-3-17(11-20)5-7-19(29)13-24-22(14-27)21-8-6-18(12-23(21)35-24)15-32-26(30)33-16-25-28-9-10-34-25/h2-4,9-11,18H,5-8,12-13,15-16H2,1H3. The number of hydrogen-bond acceptors (Lipinski definition) is 9. The number of ketones is 1. The van der Waals surface area contributed by atoms with Gasteiger partial charge in [-0.05, 0) is 54.9 Å². The second kappa shape index (κ2) is 12.0. The summed E-state index contributed by atoms with van der Waals surface area (Å²) in [6, 6.07) is 10.0. The Morgan fingerprint density at radius 1 is 1.29 bits per heavy atom. The van der Waals surface area contributed by atoms with Gasteiger partial charge >= 0.3 is 6.16 Å². The van der Waals surface area contributed by atoms with E-state index in [9.17, 15) is 14.9 Å². The summed E-state index contributed by atoms with van der Waals surface area (Å²) in [7, 11) is 1.62. The number of benzene rings is 1. The Kier molecular flexibility index (Phi) is 8.50. The highest BCUT2D eigenvalue weighted by Gasteiger charge is 2.27. The Labute approximate surface area is 212 Å². The van der Waals surface area contributed by atoms with Crippen molar-refractivity contribution in [2.45, 2.75) is 45.1 Å². The molecule has 1 aliphatic carbocycles. The van der Waals surface area contributed by atoms with Crippen LogP contribution in [-0.2, 0) is 46.6 Å². The lowest BCUT2D eigenvalue weighted by atomic mass is 9.87. The van der Waals surface area contributed by atoms with E-state index < -0.39 is 6.16 Å². The number of hydrogen-bond donors (Lipinski definition) is 0. The number of nitrogens with zero attached hydrogens (tertiary/aromatic N) is 2. The molecule has 9 heteroatoms. The van der Waals surface area contributed by atoms with Crippen LogP contribution in [0.3, 0.4) is 0 Å². The van der Waals surface area contributed by atoms with E-state index in [4.69, 9.17) is 14.2 Å². The summed E-state index contributed by atoms with van der Waals surface area (Å²) >= 11 is 2.97. The number of carbonyl (C=O) groups excluding carboxylic acids is 2. The average Bonchev–Trinajstić information content (AvgIpc) is 3.52. The van der Waals surface area contributed by atoms with E-state index >= 15 is 0 Å². The van der Waals surface area contributed by atoms with Crippen molar-refractivity contribution in [2.75, 3.05) is 13.7 Å². The predicted octanol–water partition coefficient (Wildman–Crippen LogP) is 5.29. The molecule has 2 aromatic heterocycles. The fourth-order valence-electron chi connectivity index (χ4n) is 4.16. The Balaban J connectivity index is 1.29. The molecule has 7 nitrogen and oxygen atoms in total. The maximum atomic E-state index is 12.7. The van der Waals surface area contributed by atoms with Crippen molar-refractivity contribution in [3.8, 4) is 11.8 Å². The molecular weight excluding hydrogens is 484 g/mol. The summed E-state index contributed by atoms with van der Waals surface area (Å²) in [4.78, 5) is 30.6. The molecule has 2 heterocycles. The van der Waals surface area contributed by atoms with E-state index in [2.05, 4.69) is 11.1 Å². The number of thiazole rings is 1. The zero-order chi connectivity index (χ0) is 24.6. The molecule has 4 rings (SSSR count). The summed E-state index contributed by atoms with van der Waals surface area (Å²) < 4.78 is 15.7. The highest BCUT2D eigenvalue weighted by molar-refractivity contribution is 7.12. The van der Waals surface area contributed by atoms with Gasteiger partial charge in [0.15, 0.2) is 0 Å². The maximum absolute atomic E-state index is 12.7. The number of aryl methyl sites for hydroxylation is 1. The van der Waals surface area contributed by atoms with E-state index in [1.54, 1.807) is 24.6 Å². The number of fused-ring (bicyclic) bond motifs is 1. The summed E-state index contributed by atoms with van der Waals surface area (Å²) in [5.74, 6) is 1.06.